The highest BCUT2D eigenvalue weighted by atomic mass is 32.1. The van der Waals surface area contributed by atoms with Gasteiger partial charge in [0.15, 0.2) is 5.76 Å². The number of nitrogens with one attached hydrogen (secondary N) is 1. The van der Waals surface area contributed by atoms with Crippen molar-refractivity contribution in [1.82, 2.24) is 20.3 Å². The topological polar surface area (TPSA) is 103 Å². The molecule has 0 unspecified atom stereocenters. The van der Waals surface area contributed by atoms with Crippen LogP contribution in [-0.4, -0.2) is 20.8 Å². The van der Waals surface area contributed by atoms with Crippen LogP contribution in [0.15, 0.2) is 55.7 Å². The van der Waals surface area contributed by atoms with Gasteiger partial charge in [-0.1, -0.05) is 11.2 Å². The first-order chi connectivity index (χ1) is 14.0. The highest BCUT2D eigenvalue weighted by Gasteiger charge is 2.20. The molecular formula is C20H18N4O4S. The number of nitrogens with zero attached hydrogens (tertiary/aromatic N) is 3. The average Bonchev–Trinajstić information content (AvgIpc) is 3.46. The summed E-state index contributed by atoms with van der Waals surface area (Å²) in [6.45, 7) is 3.76. The maximum atomic E-state index is 12.7. The zero-order chi connectivity index (χ0) is 20.4. The quantitative estimate of drug-likeness (QED) is 0.524. The van der Waals surface area contributed by atoms with Crippen molar-refractivity contribution in [2.24, 2.45) is 0 Å². The Hall–Kier alpha value is -3.46. The van der Waals surface area contributed by atoms with E-state index in [2.05, 4.69) is 15.6 Å². The fourth-order valence-electron chi connectivity index (χ4n) is 2.83. The summed E-state index contributed by atoms with van der Waals surface area (Å²) in [7, 11) is 0. The molecule has 0 spiro atoms. The minimum absolute atomic E-state index is 0.202. The predicted molar refractivity (Wildman–Crippen MR) is 107 cm³/mol. The Labute approximate surface area is 169 Å². The molecule has 4 aromatic rings. The van der Waals surface area contributed by atoms with Crippen LogP contribution in [0.2, 0.25) is 0 Å². The lowest BCUT2D eigenvalue weighted by molar-refractivity contribution is -0.122. The van der Waals surface area contributed by atoms with Crippen LogP contribution in [0.3, 0.4) is 0 Å². The van der Waals surface area contributed by atoms with E-state index in [9.17, 15) is 9.59 Å². The lowest BCUT2D eigenvalue weighted by Gasteiger charge is -2.10. The summed E-state index contributed by atoms with van der Waals surface area (Å²) in [5.74, 6) is 0.793. The van der Waals surface area contributed by atoms with Crippen molar-refractivity contribution in [3.05, 3.63) is 69.3 Å². The molecule has 1 N–H and O–H groups in total. The molecular weight excluding hydrogens is 392 g/mol. The number of thiophene rings is 1. The Morgan fingerprint density at radius 2 is 2.14 bits per heavy atom. The van der Waals surface area contributed by atoms with E-state index in [1.807, 2.05) is 31.4 Å². The molecule has 0 saturated heterocycles. The van der Waals surface area contributed by atoms with Crippen molar-refractivity contribution >= 4 is 17.2 Å². The molecule has 0 aromatic carbocycles. The van der Waals surface area contributed by atoms with Crippen LogP contribution in [0.4, 0.5) is 0 Å². The number of carbonyl (C=O) groups excluding carboxylic acids is 1. The second-order valence-corrected chi connectivity index (χ2v) is 7.41. The van der Waals surface area contributed by atoms with Crippen LogP contribution >= 0.6 is 11.3 Å². The van der Waals surface area contributed by atoms with Crippen molar-refractivity contribution in [1.29, 1.82) is 0 Å². The molecule has 0 aliphatic carbocycles. The molecule has 29 heavy (non-hydrogen) atoms. The monoisotopic (exact) mass is 410 g/mol. The minimum atomic E-state index is -0.401. The molecule has 0 aliphatic heterocycles. The maximum Gasteiger partial charge on any atom is 0.268 e. The average molecular weight is 410 g/mol. The number of hydrogen-bond donors (Lipinski definition) is 1. The molecule has 4 rings (SSSR count). The number of aryl methyl sites for hydroxylation is 1. The Balaban J connectivity index is 1.67. The van der Waals surface area contributed by atoms with Crippen LogP contribution in [0.25, 0.3) is 21.9 Å². The summed E-state index contributed by atoms with van der Waals surface area (Å²) in [6.07, 6.45) is 1.53. The SMILES string of the molecule is Cc1noc(-c2cc(=O)n(CC(=O)NCc3ccco3)nc2-c2cccs2)c1C. The molecule has 8 nitrogen and oxygen atoms in total. The van der Waals surface area contributed by atoms with Gasteiger partial charge >= 0.3 is 0 Å². The number of amides is 1. The molecule has 0 atom stereocenters. The van der Waals surface area contributed by atoms with Gasteiger partial charge in [-0.2, -0.15) is 5.10 Å². The molecule has 0 bridgehead atoms. The molecule has 4 aromatic heterocycles. The van der Waals surface area contributed by atoms with Crippen molar-refractivity contribution in [2.75, 3.05) is 0 Å². The van der Waals surface area contributed by atoms with E-state index in [0.29, 0.717) is 22.8 Å². The number of hydrogen-bond acceptors (Lipinski definition) is 7. The standard InChI is InChI=1S/C20H18N4O4S/c1-12-13(2)23-28-20(12)15-9-18(26)24(22-19(15)16-6-4-8-29-16)11-17(25)21-10-14-5-3-7-27-14/h3-9H,10-11H2,1-2H3,(H,21,25). The number of carbonyl (C=O) groups is 1. The fraction of sp³-hybridized carbons (Fsp3) is 0.200. The predicted octanol–water partition coefficient (Wildman–Crippen LogP) is 3.15. The zero-order valence-corrected chi connectivity index (χ0v) is 16.7. The lowest BCUT2D eigenvalue weighted by Crippen LogP contribution is -2.33. The van der Waals surface area contributed by atoms with Gasteiger partial charge in [0.25, 0.3) is 5.56 Å². The van der Waals surface area contributed by atoms with Gasteiger partial charge in [-0.15, -0.1) is 11.3 Å². The van der Waals surface area contributed by atoms with E-state index in [0.717, 1.165) is 20.8 Å². The Kier molecular flexibility index (Phi) is 5.13. The third-order valence-corrected chi connectivity index (χ3v) is 5.36. The van der Waals surface area contributed by atoms with Crippen molar-refractivity contribution < 1.29 is 13.7 Å². The second-order valence-electron chi connectivity index (χ2n) is 6.46. The summed E-state index contributed by atoms with van der Waals surface area (Å²) in [5.41, 5.74) is 2.32. The number of furan rings is 1. The molecule has 0 aliphatic rings. The Morgan fingerprint density at radius 3 is 2.79 bits per heavy atom. The normalized spacial score (nSPS) is 11.0. The van der Waals surface area contributed by atoms with E-state index < -0.39 is 5.56 Å². The van der Waals surface area contributed by atoms with Gasteiger partial charge in [0.1, 0.15) is 18.0 Å². The van der Waals surface area contributed by atoms with Gasteiger partial charge in [0, 0.05) is 11.6 Å². The molecule has 0 fully saturated rings. The van der Waals surface area contributed by atoms with Crippen molar-refractivity contribution in [3.8, 4) is 21.9 Å². The molecule has 0 radical (unpaired) electrons. The molecule has 148 valence electrons. The number of rotatable bonds is 6. The van der Waals surface area contributed by atoms with E-state index in [-0.39, 0.29) is 19.0 Å². The molecule has 9 heteroatoms. The first kappa shape index (κ1) is 18.9. The number of aromatic nitrogens is 3. The third-order valence-electron chi connectivity index (χ3n) is 4.49. The smallest absolute Gasteiger partial charge is 0.268 e. The zero-order valence-electron chi connectivity index (χ0n) is 15.8. The van der Waals surface area contributed by atoms with Gasteiger partial charge < -0.3 is 14.3 Å². The van der Waals surface area contributed by atoms with Gasteiger partial charge in [0.2, 0.25) is 5.91 Å². The summed E-state index contributed by atoms with van der Waals surface area (Å²) in [6, 6.07) is 8.74. The van der Waals surface area contributed by atoms with Crippen LogP contribution in [-0.2, 0) is 17.9 Å². The summed E-state index contributed by atoms with van der Waals surface area (Å²) in [5, 5.41) is 13.1. The van der Waals surface area contributed by atoms with Gasteiger partial charge in [-0.05, 0) is 37.4 Å². The molecule has 1 amide bonds. The first-order valence-electron chi connectivity index (χ1n) is 8.91. The second kappa shape index (κ2) is 7.88. The maximum absolute atomic E-state index is 12.7. The fourth-order valence-corrected chi connectivity index (χ4v) is 3.55. The highest BCUT2D eigenvalue weighted by Crippen LogP contribution is 2.34. The Bertz CT molecular complexity index is 1190. The highest BCUT2D eigenvalue weighted by molar-refractivity contribution is 7.13. The third kappa shape index (κ3) is 3.90. The first-order valence-corrected chi connectivity index (χ1v) is 9.79. The van der Waals surface area contributed by atoms with Gasteiger partial charge in [-0.3, -0.25) is 9.59 Å². The summed E-state index contributed by atoms with van der Waals surface area (Å²) < 4.78 is 11.8. The largest absolute Gasteiger partial charge is 0.467 e. The van der Waals surface area contributed by atoms with E-state index in [1.165, 1.54) is 23.7 Å². The van der Waals surface area contributed by atoms with E-state index >= 15 is 0 Å². The summed E-state index contributed by atoms with van der Waals surface area (Å²) in [4.78, 5) is 25.8. The van der Waals surface area contributed by atoms with Crippen LogP contribution < -0.4 is 10.9 Å². The van der Waals surface area contributed by atoms with Gasteiger partial charge in [-0.25, -0.2) is 4.68 Å². The van der Waals surface area contributed by atoms with Crippen molar-refractivity contribution in [3.63, 3.8) is 0 Å². The minimum Gasteiger partial charge on any atom is -0.467 e. The van der Waals surface area contributed by atoms with Gasteiger partial charge in [0.05, 0.1) is 28.9 Å². The molecule has 0 saturated carbocycles. The summed E-state index contributed by atoms with van der Waals surface area (Å²) >= 11 is 1.49. The van der Waals surface area contributed by atoms with E-state index in [1.54, 1.807) is 12.1 Å². The van der Waals surface area contributed by atoms with Crippen LogP contribution in [0, 0.1) is 13.8 Å². The Morgan fingerprint density at radius 1 is 1.28 bits per heavy atom. The van der Waals surface area contributed by atoms with E-state index in [4.69, 9.17) is 8.94 Å². The van der Waals surface area contributed by atoms with Crippen LogP contribution in [0.1, 0.15) is 17.0 Å². The molecule has 4 heterocycles. The lowest BCUT2D eigenvalue weighted by atomic mass is 10.1. The van der Waals surface area contributed by atoms with Crippen molar-refractivity contribution in [2.45, 2.75) is 26.9 Å². The van der Waals surface area contributed by atoms with Crippen LogP contribution in [0.5, 0.6) is 0 Å².